The monoisotopic (exact) mass is 269 g/mol. The van der Waals surface area contributed by atoms with Gasteiger partial charge in [-0.3, -0.25) is 0 Å². The Hall–Kier alpha value is -2.25. The summed E-state index contributed by atoms with van der Waals surface area (Å²) in [5, 5.41) is 21.1. The van der Waals surface area contributed by atoms with Crippen LogP contribution in [0, 0.1) is 11.3 Å². The van der Waals surface area contributed by atoms with Crippen LogP contribution in [-0.2, 0) is 20.0 Å². The predicted octanol–water partition coefficient (Wildman–Crippen LogP) is 2.43. The van der Waals surface area contributed by atoms with Gasteiger partial charge >= 0.3 is 0 Å². The molecule has 0 aliphatic carbocycles. The second kappa shape index (κ2) is 6.78. The Morgan fingerprint density at radius 2 is 2.15 bits per heavy atom. The van der Waals surface area contributed by atoms with Crippen LogP contribution < -0.4 is 5.32 Å². The lowest BCUT2D eigenvalue weighted by atomic mass is 10.1. The third-order valence-corrected chi connectivity index (χ3v) is 3.22. The molecule has 0 saturated heterocycles. The Labute approximate surface area is 119 Å². The lowest BCUT2D eigenvalue weighted by Gasteiger charge is -2.07. The number of nitriles is 1. The predicted molar refractivity (Wildman–Crippen MR) is 79.3 cm³/mol. The molecule has 0 spiro atoms. The Bertz CT molecular complexity index is 610. The quantitative estimate of drug-likeness (QED) is 0.846. The maximum Gasteiger partial charge on any atom is 0.120 e. The second-order valence-corrected chi connectivity index (χ2v) is 4.84. The van der Waals surface area contributed by atoms with Crippen molar-refractivity contribution in [3.8, 4) is 6.07 Å². The standard InChI is InChI=1S/C16H19N3O/c1-19-12-14(9-16(19)10-17)11-18-15-6-2-4-13(8-15)5-3-7-20/h2,4,6,8-9,12,18,20H,3,5,7,11H2,1H3. The number of anilines is 1. The van der Waals surface area contributed by atoms with Crippen LogP contribution in [0.5, 0.6) is 0 Å². The summed E-state index contributed by atoms with van der Waals surface area (Å²) in [4.78, 5) is 0. The number of hydrogen-bond donors (Lipinski definition) is 2. The molecule has 2 rings (SSSR count). The highest BCUT2D eigenvalue weighted by Gasteiger charge is 2.02. The van der Waals surface area contributed by atoms with Gasteiger partial charge in [-0.1, -0.05) is 12.1 Å². The van der Waals surface area contributed by atoms with Gasteiger partial charge in [0.1, 0.15) is 11.8 Å². The van der Waals surface area contributed by atoms with Gasteiger partial charge in [0, 0.05) is 32.1 Å². The third-order valence-electron chi connectivity index (χ3n) is 3.22. The Morgan fingerprint density at radius 1 is 1.30 bits per heavy atom. The Balaban J connectivity index is 1.98. The number of rotatable bonds is 6. The Kier molecular flexibility index (Phi) is 4.80. The van der Waals surface area contributed by atoms with Crippen LogP contribution in [0.3, 0.4) is 0 Å². The van der Waals surface area contributed by atoms with E-state index in [0.29, 0.717) is 12.2 Å². The summed E-state index contributed by atoms with van der Waals surface area (Å²) >= 11 is 0. The summed E-state index contributed by atoms with van der Waals surface area (Å²) in [6.45, 7) is 0.914. The van der Waals surface area contributed by atoms with E-state index in [0.717, 1.165) is 24.1 Å². The third kappa shape index (κ3) is 3.62. The van der Waals surface area contributed by atoms with E-state index >= 15 is 0 Å². The lowest BCUT2D eigenvalue weighted by molar-refractivity contribution is 0.288. The number of aliphatic hydroxyl groups is 1. The average Bonchev–Trinajstić information content (AvgIpc) is 2.83. The fourth-order valence-corrected chi connectivity index (χ4v) is 2.16. The fourth-order valence-electron chi connectivity index (χ4n) is 2.16. The number of hydrogen-bond acceptors (Lipinski definition) is 3. The zero-order valence-corrected chi connectivity index (χ0v) is 11.6. The van der Waals surface area contributed by atoms with E-state index in [-0.39, 0.29) is 6.61 Å². The van der Waals surface area contributed by atoms with Crippen molar-refractivity contribution < 1.29 is 5.11 Å². The number of benzene rings is 1. The molecule has 0 amide bonds. The van der Waals surface area contributed by atoms with Crippen molar-refractivity contribution >= 4 is 5.69 Å². The first-order valence-electron chi connectivity index (χ1n) is 6.72. The molecular weight excluding hydrogens is 250 g/mol. The topological polar surface area (TPSA) is 61.0 Å². The van der Waals surface area contributed by atoms with Crippen molar-refractivity contribution in [3.63, 3.8) is 0 Å². The minimum absolute atomic E-state index is 0.221. The molecule has 1 aromatic heterocycles. The summed E-state index contributed by atoms with van der Waals surface area (Å²) in [6.07, 6.45) is 3.63. The van der Waals surface area contributed by atoms with Crippen molar-refractivity contribution in [3.05, 3.63) is 53.3 Å². The molecule has 104 valence electrons. The molecule has 0 aliphatic rings. The van der Waals surface area contributed by atoms with E-state index < -0.39 is 0 Å². The molecule has 0 atom stereocenters. The fraction of sp³-hybridized carbons (Fsp3) is 0.312. The van der Waals surface area contributed by atoms with Crippen LogP contribution in [-0.4, -0.2) is 16.3 Å². The molecule has 4 heteroatoms. The van der Waals surface area contributed by atoms with Crippen LogP contribution in [0.15, 0.2) is 36.5 Å². The van der Waals surface area contributed by atoms with E-state index in [1.54, 1.807) is 0 Å². The van der Waals surface area contributed by atoms with E-state index in [9.17, 15) is 0 Å². The maximum absolute atomic E-state index is 8.92. The SMILES string of the molecule is Cn1cc(CNc2cccc(CCCO)c2)cc1C#N. The smallest absolute Gasteiger partial charge is 0.120 e. The summed E-state index contributed by atoms with van der Waals surface area (Å²) in [5.41, 5.74) is 4.03. The van der Waals surface area contributed by atoms with E-state index in [4.69, 9.17) is 10.4 Å². The van der Waals surface area contributed by atoms with Crippen LogP contribution in [0.2, 0.25) is 0 Å². The highest BCUT2D eigenvalue weighted by atomic mass is 16.2. The van der Waals surface area contributed by atoms with Gasteiger partial charge in [0.15, 0.2) is 0 Å². The summed E-state index contributed by atoms with van der Waals surface area (Å²) < 4.78 is 1.83. The van der Waals surface area contributed by atoms with E-state index in [1.807, 2.05) is 36.0 Å². The molecule has 2 N–H and O–H groups in total. The van der Waals surface area contributed by atoms with Gasteiger partial charge in [-0.2, -0.15) is 5.26 Å². The first kappa shape index (κ1) is 14.2. The molecule has 2 aromatic rings. The van der Waals surface area contributed by atoms with Crippen molar-refractivity contribution in [2.24, 2.45) is 7.05 Å². The average molecular weight is 269 g/mol. The van der Waals surface area contributed by atoms with E-state index in [1.165, 1.54) is 5.56 Å². The highest BCUT2D eigenvalue weighted by molar-refractivity contribution is 5.46. The zero-order valence-electron chi connectivity index (χ0n) is 11.6. The number of nitrogens with zero attached hydrogens (tertiary/aromatic N) is 2. The molecule has 20 heavy (non-hydrogen) atoms. The van der Waals surface area contributed by atoms with Crippen LogP contribution in [0.4, 0.5) is 5.69 Å². The molecule has 0 unspecified atom stereocenters. The number of aliphatic hydroxyl groups excluding tert-OH is 1. The van der Waals surface area contributed by atoms with Crippen LogP contribution >= 0.6 is 0 Å². The maximum atomic E-state index is 8.92. The Morgan fingerprint density at radius 3 is 2.85 bits per heavy atom. The number of aryl methyl sites for hydroxylation is 2. The first-order chi connectivity index (χ1) is 9.72. The van der Waals surface area contributed by atoms with Gasteiger partial charge < -0.3 is 15.0 Å². The van der Waals surface area contributed by atoms with Crippen LogP contribution in [0.25, 0.3) is 0 Å². The van der Waals surface area contributed by atoms with Crippen molar-refractivity contribution in [2.45, 2.75) is 19.4 Å². The summed E-state index contributed by atoms with van der Waals surface area (Å²) in [7, 11) is 1.87. The van der Waals surface area contributed by atoms with Crippen LogP contribution in [0.1, 0.15) is 23.2 Å². The molecule has 0 saturated carbocycles. The van der Waals surface area contributed by atoms with Gasteiger partial charge in [-0.15, -0.1) is 0 Å². The molecule has 0 bridgehead atoms. The molecule has 0 fully saturated rings. The molecular formula is C16H19N3O. The van der Waals surface area contributed by atoms with Crippen molar-refractivity contribution in [1.82, 2.24) is 4.57 Å². The van der Waals surface area contributed by atoms with Gasteiger partial charge in [0.2, 0.25) is 0 Å². The van der Waals surface area contributed by atoms with Gasteiger partial charge in [-0.25, -0.2) is 0 Å². The van der Waals surface area contributed by atoms with Gasteiger partial charge in [-0.05, 0) is 42.2 Å². The zero-order chi connectivity index (χ0) is 14.4. The minimum atomic E-state index is 0.221. The molecule has 1 heterocycles. The molecule has 1 aromatic carbocycles. The van der Waals surface area contributed by atoms with Gasteiger partial charge in [0.25, 0.3) is 0 Å². The molecule has 4 nitrogen and oxygen atoms in total. The number of nitrogens with one attached hydrogen (secondary N) is 1. The molecule has 0 radical (unpaired) electrons. The largest absolute Gasteiger partial charge is 0.396 e. The summed E-state index contributed by atoms with van der Waals surface area (Å²) in [5.74, 6) is 0. The summed E-state index contributed by atoms with van der Waals surface area (Å²) in [6, 6.07) is 12.3. The first-order valence-corrected chi connectivity index (χ1v) is 6.72. The molecule has 0 aliphatic heterocycles. The van der Waals surface area contributed by atoms with Gasteiger partial charge in [0.05, 0.1) is 0 Å². The number of aromatic nitrogens is 1. The van der Waals surface area contributed by atoms with Crippen molar-refractivity contribution in [2.75, 3.05) is 11.9 Å². The normalized spacial score (nSPS) is 10.2. The highest BCUT2D eigenvalue weighted by Crippen LogP contribution is 2.14. The second-order valence-electron chi connectivity index (χ2n) is 4.84. The minimum Gasteiger partial charge on any atom is -0.396 e. The lowest BCUT2D eigenvalue weighted by Crippen LogP contribution is -1.99. The van der Waals surface area contributed by atoms with Crippen molar-refractivity contribution in [1.29, 1.82) is 5.26 Å². The van der Waals surface area contributed by atoms with E-state index in [2.05, 4.69) is 23.5 Å².